The lowest BCUT2D eigenvalue weighted by Gasteiger charge is -2.31. The van der Waals surface area contributed by atoms with Crippen LogP contribution in [0, 0.1) is 0 Å². The van der Waals surface area contributed by atoms with E-state index in [0.29, 0.717) is 5.11 Å². The van der Waals surface area contributed by atoms with E-state index in [1.165, 1.54) is 25.9 Å². The molecule has 0 bridgehead atoms. The second-order valence-electron chi connectivity index (χ2n) is 5.04. The number of thiocarbonyl (C=S) groups is 1. The van der Waals surface area contributed by atoms with E-state index in [1.54, 1.807) is 6.20 Å². The van der Waals surface area contributed by atoms with E-state index in [0.717, 1.165) is 18.7 Å². The van der Waals surface area contributed by atoms with Crippen LogP contribution in [0.15, 0.2) is 24.5 Å². The van der Waals surface area contributed by atoms with Gasteiger partial charge in [0.25, 0.3) is 0 Å². The molecular formula is C14H22N4S. The van der Waals surface area contributed by atoms with Crippen molar-refractivity contribution < 1.29 is 0 Å². The van der Waals surface area contributed by atoms with E-state index in [9.17, 15) is 0 Å². The van der Waals surface area contributed by atoms with Gasteiger partial charge >= 0.3 is 0 Å². The summed E-state index contributed by atoms with van der Waals surface area (Å²) >= 11 is 5.20. The predicted octanol–water partition coefficient (Wildman–Crippen LogP) is 1.78. The molecule has 1 aromatic rings. The Morgan fingerprint density at radius 3 is 2.84 bits per heavy atom. The smallest absolute Gasteiger partial charge is 0.166 e. The van der Waals surface area contributed by atoms with Crippen molar-refractivity contribution in [2.75, 3.05) is 26.2 Å². The third-order valence-corrected chi connectivity index (χ3v) is 4.01. The molecule has 2 N–H and O–H groups in total. The summed E-state index contributed by atoms with van der Waals surface area (Å²) in [5.74, 6) is 0. The first kappa shape index (κ1) is 14.2. The van der Waals surface area contributed by atoms with Gasteiger partial charge in [0, 0.05) is 25.5 Å². The van der Waals surface area contributed by atoms with E-state index in [1.807, 2.05) is 12.3 Å². The van der Waals surface area contributed by atoms with Crippen LogP contribution in [0.2, 0.25) is 0 Å². The highest BCUT2D eigenvalue weighted by atomic mass is 32.1. The molecule has 0 aromatic carbocycles. The van der Waals surface area contributed by atoms with E-state index in [4.69, 9.17) is 18.0 Å². The van der Waals surface area contributed by atoms with Gasteiger partial charge < -0.3 is 15.5 Å². The molecule has 104 valence electrons. The summed E-state index contributed by atoms with van der Waals surface area (Å²) in [5.41, 5.74) is 7.03. The Labute approximate surface area is 120 Å². The van der Waals surface area contributed by atoms with Gasteiger partial charge in [-0.1, -0.05) is 6.07 Å². The van der Waals surface area contributed by atoms with Crippen molar-refractivity contribution in [1.82, 2.24) is 14.8 Å². The molecule has 1 aromatic heterocycles. The summed E-state index contributed by atoms with van der Waals surface area (Å²) in [6.07, 6.45) is 6.29. The van der Waals surface area contributed by atoms with Crippen molar-refractivity contribution in [3.63, 3.8) is 0 Å². The summed E-state index contributed by atoms with van der Waals surface area (Å²) in [5, 5.41) is 0.468. The minimum Gasteiger partial charge on any atom is -0.376 e. The Bertz CT molecular complexity index is 403. The van der Waals surface area contributed by atoms with Crippen LogP contribution >= 0.6 is 12.2 Å². The topological polar surface area (TPSA) is 45.4 Å². The van der Waals surface area contributed by atoms with Crippen molar-refractivity contribution >= 4 is 17.3 Å². The summed E-state index contributed by atoms with van der Waals surface area (Å²) < 4.78 is 0. The van der Waals surface area contributed by atoms with Gasteiger partial charge in [0.05, 0.1) is 6.04 Å². The SMILES string of the molecule is CC(c1cccnc1)N(CCN1CCCC1)C(N)=S. The van der Waals surface area contributed by atoms with Crippen molar-refractivity contribution in [3.8, 4) is 0 Å². The van der Waals surface area contributed by atoms with E-state index in [-0.39, 0.29) is 6.04 Å². The molecule has 5 heteroatoms. The highest BCUT2D eigenvalue weighted by Crippen LogP contribution is 2.19. The summed E-state index contributed by atoms with van der Waals surface area (Å²) in [6, 6.07) is 4.19. The number of rotatable bonds is 5. The Morgan fingerprint density at radius 1 is 1.53 bits per heavy atom. The average molecular weight is 278 g/mol. The predicted molar refractivity (Wildman–Crippen MR) is 81.8 cm³/mol. The van der Waals surface area contributed by atoms with Gasteiger partial charge in [0.1, 0.15) is 0 Å². The van der Waals surface area contributed by atoms with Crippen LogP contribution in [0.3, 0.4) is 0 Å². The molecule has 4 nitrogen and oxygen atoms in total. The summed E-state index contributed by atoms with van der Waals surface area (Å²) in [4.78, 5) is 8.73. The Kier molecular flexibility index (Phi) is 5.10. The number of aromatic nitrogens is 1. The fraction of sp³-hybridized carbons (Fsp3) is 0.571. The minimum absolute atomic E-state index is 0.175. The lowest BCUT2D eigenvalue weighted by molar-refractivity contribution is 0.262. The van der Waals surface area contributed by atoms with Gasteiger partial charge in [0.15, 0.2) is 5.11 Å². The number of hydrogen-bond acceptors (Lipinski definition) is 3. The molecule has 0 aliphatic carbocycles. The standard InChI is InChI=1S/C14H22N4S/c1-12(13-5-4-6-16-11-13)18(14(15)19)10-9-17-7-2-3-8-17/h4-6,11-12H,2-3,7-10H2,1H3,(H2,15,19). The van der Waals surface area contributed by atoms with Crippen LogP contribution in [0.5, 0.6) is 0 Å². The van der Waals surface area contributed by atoms with Gasteiger partial charge in [-0.2, -0.15) is 0 Å². The minimum atomic E-state index is 0.175. The zero-order valence-corrected chi connectivity index (χ0v) is 12.3. The Hall–Kier alpha value is -1.20. The van der Waals surface area contributed by atoms with Gasteiger partial charge in [-0.25, -0.2) is 0 Å². The molecular weight excluding hydrogens is 256 g/mol. The number of likely N-dealkylation sites (tertiary alicyclic amines) is 1. The largest absolute Gasteiger partial charge is 0.376 e. The van der Waals surface area contributed by atoms with Crippen molar-refractivity contribution in [2.24, 2.45) is 5.73 Å². The molecule has 1 saturated heterocycles. The highest BCUT2D eigenvalue weighted by molar-refractivity contribution is 7.80. The molecule has 1 atom stereocenters. The van der Waals surface area contributed by atoms with Gasteiger partial charge in [-0.15, -0.1) is 0 Å². The maximum atomic E-state index is 5.88. The Morgan fingerprint density at radius 2 is 2.26 bits per heavy atom. The molecule has 1 aliphatic heterocycles. The molecule has 19 heavy (non-hydrogen) atoms. The van der Waals surface area contributed by atoms with E-state index in [2.05, 4.69) is 27.8 Å². The van der Waals surface area contributed by atoms with Crippen molar-refractivity contribution in [2.45, 2.75) is 25.8 Å². The van der Waals surface area contributed by atoms with Crippen LogP contribution in [0.1, 0.15) is 31.4 Å². The lowest BCUT2D eigenvalue weighted by Crippen LogP contribution is -2.42. The zero-order chi connectivity index (χ0) is 13.7. The fourth-order valence-electron chi connectivity index (χ4n) is 2.55. The second-order valence-corrected chi connectivity index (χ2v) is 5.46. The number of hydrogen-bond donors (Lipinski definition) is 1. The lowest BCUT2D eigenvalue weighted by atomic mass is 10.1. The molecule has 2 heterocycles. The third-order valence-electron chi connectivity index (χ3n) is 3.77. The maximum Gasteiger partial charge on any atom is 0.166 e. The molecule has 0 saturated carbocycles. The van der Waals surface area contributed by atoms with Gasteiger partial charge in [0.2, 0.25) is 0 Å². The molecule has 0 amide bonds. The maximum absolute atomic E-state index is 5.88. The quantitative estimate of drug-likeness (QED) is 0.832. The monoisotopic (exact) mass is 278 g/mol. The first-order chi connectivity index (χ1) is 9.18. The van der Waals surface area contributed by atoms with E-state index < -0.39 is 0 Å². The normalized spacial score (nSPS) is 17.3. The van der Waals surface area contributed by atoms with Crippen LogP contribution in [0.4, 0.5) is 0 Å². The molecule has 0 radical (unpaired) electrons. The van der Waals surface area contributed by atoms with Crippen LogP contribution in [-0.2, 0) is 0 Å². The first-order valence-electron chi connectivity index (χ1n) is 6.87. The zero-order valence-electron chi connectivity index (χ0n) is 11.5. The van der Waals surface area contributed by atoms with Gasteiger partial charge in [-0.05, 0) is 56.7 Å². The molecule has 1 aliphatic rings. The molecule has 2 rings (SSSR count). The van der Waals surface area contributed by atoms with Gasteiger partial charge in [-0.3, -0.25) is 4.98 Å². The number of nitrogens with zero attached hydrogens (tertiary/aromatic N) is 3. The second kappa shape index (κ2) is 6.82. The van der Waals surface area contributed by atoms with Crippen molar-refractivity contribution in [3.05, 3.63) is 30.1 Å². The average Bonchev–Trinajstić information content (AvgIpc) is 2.92. The van der Waals surface area contributed by atoms with Crippen LogP contribution < -0.4 is 5.73 Å². The Balaban J connectivity index is 1.96. The van der Waals surface area contributed by atoms with Crippen LogP contribution in [0.25, 0.3) is 0 Å². The molecule has 1 unspecified atom stereocenters. The van der Waals surface area contributed by atoms with Crippen molar-refractivity contribution in [1.29, 1.82) is 0 Å². The third kappa shape index (κ3) is 3.88. The highest BCUT2D eigenvalue weighted by Gasteiger charge is 2.19. The number of pyridine rings is 1. The summed E-state index contributed by atoms with van der Waals surface area (Å²) in [7, 11) is 0. The molecule has 0 spiro atoms. The fourth-order valence-corrected chi connectivity index (χ4v) is 2.80. The van der Waals surface area contributed by atoms with E-state index >= 15 is 0 Å². The molecule has 1 fully saturated rings. The van der Waals surface area contributed by atoms with Crippen LogP contribution in [-0.4, -0.2) is 46.1 Å². The number of nitrogens with two attached hydrogens (primary N) is 1. The summed E-state index contributed by atoms with van der Waals surface area (Å²) in [6.45, 7) is 6.44. The first-order valence-corrected chi connectivity index (χ1v) is 7.27.